The van der Waals surface area contributed by atoms with Crippen molar-refractivity contribution in [1.29, 1.82) is 0 Å². The first-order valence-electron chi connectivity index (χ1n) is 6.37. The largest absolute Gasteiger partial charge is 0.356 e. The molecule has 2 heterocycles. The normalized spacial score (nSPS) is 36.1. The van der Waals surface area contributed by atoms with E-state index < -0.39 is 0 Å². The van der Waals surface area contributed by atoms with Gasteiger partial charge in [0.2, 0.25) is 0 Å². The lowest BCUT2D eigenvalue weighted by atomic mass is 10.0. The van der Waals surface area contributed by atoms with Crippen LogP contribution in [0, 0.1) is 0 Å². The molecule has 2 aliphatic heterocycles. The average Bonchev–Trinajstić information content (AvgIpc) is 2.47. The highest BCUT2D eigenvalue weighted by Gasteiger charge is 2.38. The molecule has 0 bridgehead atoms. The molecule has 0 N–H and O–H groups in total. The fourth-order valence-corrected chi connectivity index (χ4v) is 2.48. The number of benzene rings is 1. The smallest absolute Gasteiger partial charge is 0.184 e. The molecule has 2 aliphatic rings. The molecule has 0 radical (unpaired) electrons. The lowest BCUT2D eigenvalue weighted by Gasteiger charge is -2.41. The van der Waals surface area contributed by atoms with Crippen molar-refractivity contribution >= 4 is 0 Å². The summed E-state index contributed by atoms with van der Waals surface area (Å²) in [4.78, 5) is 0. The van der Waals surface area contributed by atoms with Crippen LogP contribution >= 0.6 is 0 Å². The van der Waals surface area contributed by atoms with E-state index in [4.69, 9.17) is 18.9 Å². The first-order chi connectivity index (χ1) is 8.86. The molecule has 0 aromatic heterocycles. The summed E-state index contributed by atoms with van der Waals surface area (Å²) in [6, 6.07) is 10.0. The van der Waals surface area contributed by atoms with Gasteiger partial charge in [-0.2, -0.15) is 0 Å². The summed E-state index contributed by atoms with van der Waals surface area (Å²) < 4.78 is 22.7. The molecule has 0 saturated carbocycles. The third-order valence-corrected chi connectivity index (χ3v) is 3.47. The van der Waals surface area contributed by atoms with E-state index >= 15 is 0 Å². The summed E-state index contributed by atoms with van der Waals surface area (Å²) in [6.07, 6.45) is 1.54. The number of hydrogen-bond acceptors (Lipinski definition) is 4. The van der Waals surface area contributed by atoms with Crippen molar-refractivity contribution < 1.29 is 18.9 Å². The summed E-state index contributed by atoms with van der Waals surface area (Å²) in [6.45, 7) is 0.560. The zero-order valence-electron chi connectivity index (χ0n) is 10.5. The minimum Gasteiger partial charge on any atom is -0.356 e. The predicted molar refractivity (Wildman–Crippen MR) is 64.9 cm³/mol. The van der Waals surface area contributed by atoms with Crippen molar-refractivity contribution in [2.24, 2.45) is 0 Å². The Bertz CT molecular complexity index is 381. The standard InChI is InChI=1S/C14H18O4/c1-15-13-8-7-11-12(17-13)9-16-14(18-11)10-5-3-2-4-6-10/h2-6,11-14H,7-9H2,1H3. The van der Waals surface area contributed by atoms with Crippen LogP contribution < -0.4 is 0 Å². The highest BCUT2D eigenvalue weighted by molar-refractivity contribution is 5.16. The Morgan fingerprint density at radius 3 is 2.67 bits per heavy atom. The molecule has 2 fully saturated rings. The van der Waals surface area contributed by atoms with Gasteiger partial charge >= 0.3 is 0 Å². The SMILES string of the molecule is COC1CCC2OC(c3ccccc3)OCC2O1. The Labute approximate surface area is 107 Å². The molecule has 2 saturated heterocycles. The average molecular weight is 250 g/mol. The molecule has 0 amide bonds. The van der Waals surface area contributed by atoms with E-state index in [1.807, 2.05) is 30.3 Å². The van der Waals surface area contributed by atoms with Gasteiger partial charge in [-0.25, -0.2) is 0 Å². The van der Waals surface area contributed by atoms with Gasteiger partial charge in [-0.1, -0.05) is 30.3 Å². The van der Waals surface area contributed by atoms with Crippen molar-refractivity contribution in [1.82, 2.24) is 0 Å². The molecule has 0 spiro atoms. The van der Waals surface area contributed by atoms with Crippen molar-refractivity contribution in [3.05, 3.63) is 35.9 Å². The molecule has 1 aromatic carbocycles. The Morgan fingerprint density at radius 2 is 1.89 bits per heavy atom. The molecular formula is C14H18O4. The molecule has 3 rings (SSSR count). The van der Waals surface area contributed by atoms with Crippen LogP contribution in [0.5, 0.6) is 0 Å². The van der Waals surface area contributed by atoms with Gasteiger partial charge < -0.3 is 18.9 Å². The second-order valence-electron chi connectivity index (χ2n) is 4.67. The summed E-state index contributed by atoms with van der Waals surface area (Å²) in [5, 5.41) is 0. The molecule has 1 aromatic rings. The molecule has 4 atom stereocenters. The van der Waals surface area contributed by atoms with Gasteiger partial charge in [-0.15, -0.1) is 0 Å². The lowest BCUT2D eigenvalue weighted by Crippen LogP contribution is -2.48. The Kier molecular flexibility index (Phi) is 3.61. The van der Waals surface area contributed by atoms with Gasteiger partial charge in [0.05, 0.1) is 12.7 Å². The quantitative estimate of drug-likeness (QED) is 0.806. The fourth-order valence-electron chi connectivity index (χ4n) is 2.48. The van der Waals surface area contributed by atoms with Gasteiger partial charge in [-0.3, -0.25) is 0 Å². The second-order valence-corrected chi connectivity index (χ2v) is 4.67. The van der Waals surface area contributed by atoms with E-state index in [2.05, 4.69) is 0 Å². The van der Waals surface area contributed by atoms with Crippen molar-refractivity contribution in [2.75, 3.05) is 13.7 Å². The molecule has 18 heavy (non-hydrogen) atoms. The van der Waals surface area contributed by atoms with Gasteiger partial charge in [0.1, 0.15) is 6.10 Å². The highest BCUT2D eigenvalue weighted by atomic mass is 16.7. The van der Waals surface area contributed by atoms with Crippen molar-refractivity contribution in [2.45, 2.75) is 37.6 Å². The Morgan fingerprint density at radius 1 is 1.06 bits per heavy atom. The first-order valence-corrected chi connectivity index (χ1v) is 6.37. The zero-order chi connectivity index (χ0) is 12.4. The summed E-state index contributed by atoms with van der Waals surface area (Å²) in [5.41, 5.74) is 1.06. The third kappa shape index (κ3) is 2.42. The molecule has 98 valence electrons. The third-order valence-electron chi connectivity index (χ3n) is 3.47. The fraction of sp³-hybridized carbons (Fsp3) is 0.571. The predicted octanol–water partition coefficient (Wildman–Crippen LogP) is 2.25. The van der Waals surface area contributed by atoms with Crippen LogP contribution in [0.3, 0.4) is 0 Å². The number of fused-ring (bicyclic) bond motifs is 1. The Balaban J connectivity index is 1.65. The van der Waals surface area contributed by atoms with E-state index in [0.29, 0.717) is 6.61 Å². The second kappa shape index (κ2) is 5.36. The maximum absolute atomic E-state index is 5.97. The number of rotatable bonds is 2. The van der Waals surface area contributed by atoms with Crippen LogP contribution in [0.4, 0.5) is 0 Å². The van der Waals surface area contributed by atoms with Crippen molar-refractivity contribution in [3.63, 3.8) is 0 Å². The van der Waals surface area contributed by atoms with Gasteiger partial charge in [0, 0.05) is 19.1 Å². The van der Waals surface area contributed by atoms with Crippen LogP contribution in [0.2, 0.25) is 0 Å². The maximum atomic E-state index is 5.97. The number of methoxy groups -OCH3 is 1. The van der Waals surface area contributed by atoms with Crippen molar-refractivity contribution in [3.8, 4) is 0 Å². The molecular weight excluding hydrogens is 232 g/mol. The lowest BCUT2D eigenvalue weighted by molar-refractivity contribution is -0.313. The number of ether oxygens (including phenoxy) is 4. The van der Waals surface area contributed by atoms with Crippen LogP contribution in [-0.4, -0.2) is 32.2 Å². The van der Waals surface area contributed by atoms with Gasteiger partial charge in [-0.05, 0) is 6.42 Å². The van der Waals surface area contributed by atoms with Crippen LogP contribution in [0.1, 0.15) is 24.7 Å². The van der Waals surface area contributed by atoms with E-state index in [0.717, 1.165) is 18.4 Å². The first kappa shape index (κ1) is 12.1. The zero-order valence-corrected chi connectivity index (χ0v) is 10.5. The van der Waals surface area contributed by atoms with Gasteiger partial charge in [0.15, 0.2) is 12.6 Å². The molecule has 0 aliphatic carbocycles. The summed E-state index contributed by atoms with van der Waals surface area (Å²) in [5.74, 6) is 0. The topological polar surface area (TPSA) is 36.9 Å². The minimum atomic E-state index is -0.268. The Hall–Kier alpha value is -0.940. The van der Waals surface area contributed by atoms with E-state index in [1.165, 1.54) is 0 Å². The highest BCUT2D eigenvalue weighted by Crippen LogP contribution is 2.33. The van der Waals surface area contributed by atoms with E-state index in [1.54, 1.807) is 7.11 Å². The van der Waals surface area contributed by atoms with E-state index in [9.17, 15) is 0 Å². The minimum absolute atomic E-state index is 0.0105. The molecule has 4 nitrogen and oxygen atoms in total. The van der Waals surface area contributed by atoms with Crippen LogP contribution in [-0.2, 0) is 18.9 Å². The molecule has 4 heteroatoms. The maximum Gasteiger partial charge on any atom is 0.184 e. The number of hydrogen-bond donors (Lipinski definition) is 0. The van der Waals surface area contributed by atoms with Crippen LogP contribution in [0.25, 0.3) is 0 Å². The van der Waals surface area contributed by atoms with Crippen LogP contribution in [0.15, 0.2) is 30.3 Å². The van der Waals surface area contributed by atoms with E-state index in [-0.39, 0.29) is 24.8 Å². The van der Waals surface area contributed by atoms with Gasteiger partial charge in [0.25, 0.3) is 0 Å². The molecule has 4 unspecified atom stereocenters. The monoisotopic (exact) mass is 250 g/mol. The summed E-state index contributed by atoms with van der Waals surface area (Å²) in [7, 11) is 1.67. The summed E-state index contributed by atoms with van der Waals surface area (Å²) >= 11 is 0.